The van der Waals surface area contributed by atoms with Crippen LogP contribution in [-0.4, -0.2) is 37.5 Å². The first kappa shape index (κ1) is 23.7. The molecule has 1 amide bonds. The lowest BCUT2D eigenvalue weighted by atomic mass is 10.0. The predicted molar refractivity (Wildman–Crippen MR) is 117 cm³/mol. The average molecular weight is 460 g/mol. The summed E-state index contributed by atoms with van der Waals surface area (Å²) in [6.45, 7) is 12.3. The fraction of sp³-hybridized carbons (Fsp3) is 0.579. The minimum Gasteiger partial charge on any atom is -0.357 e. The Morgan fingerprint density at radius 2 is 1.76 bits per heavy atom. The van der Waals surface area contributed by atoms with Crippen LogP contribution in [0.1, 0.15) is 51.2 Å². The Morgan fingerprint density at radius 3 is 2.32 bits per heavy atom. The summed E-state index contributed by atoms with van der Waals surface area (Å²) in [5, 5.41) is 9.32. The highest BCUT2D eigenvalue weighted by molar-refractivity contribution is 14.0. The van der Waals surface area contributed by atoms with E-state index in [9.17, 15) is 4.79 Å². The van der Waals surface area contributed by atoms with Crippen LogP contribution in [0, 0.1) is 6.92 Å². The van der Waals surface area contributed by atoms with E-state index >= 15 is 0 Å². The van der Waals surface area contributed by atoms with Crippen molar-refractivity contribution in [2.75, 3.05) is 19.6 Å². The van der Waals surface area contributed by atoms with Gasteiger partial charge in [-0.3, -0.25) is 9.79 Å². The molecule has 0 bridgehead atoms. The van der Waals surface area contributed by atoms with Crippen molar-refractivity contribution in [2.24, 2.45) is 4.99 Å². The summed E-state index contributed by atoms with van der Waals surface area (Å²) >= 11 is 0. The Balaban J connectivity index is 0.00000576. The maximum Gasteiger partial charge on any atom is 0.221 e. The van der Waals surface area contributed by atoms with Crippen molar-refractivity contribution >= 4 is 35.8 Å². The van der Waals surface area contributed by atoms with Crippen molar-refractivity contribution in [2.45, 2.75) is 53.0 Å². The van der Waals surface area contributed by atoms with Crippen molar-refractivity contribution < 1.29 is 4.79 Å². The summed E-state index contributed by atoms with van der Waals surface area (Å²) in [7, 11) is 0. The zero-order chi connectivity index (χ0) is 17.9. The number of hydrogen-bond acceptors (Lipinski definition) is 2. The quantitative estimate of drug-likeness (QED) is 0.317. The first-order valence-electron chi connectivity index (χ1n) is 8.80. The number of halogens is 1. The van der Waals surface area contributed by atoms with Gasteiger partial charge in [-0.1, -0.05) is 36.8 Å². The molecule has 0 heterocycles. The minimum absolute atomic E-state index is 0. The fourth-order valence-corrected chi connectivity index (χ4v) is 2.26. The maximum atomic E-state index is 11.7. The molecule has 0 aliphatic rings. The standard InChI is InChI=1S/C19H32N4O.HI/c1-6-20-19(21-12-11-18(24)23-14(2)3)22-13-16(5)17-9-7-15(4)8-10-17;/h7-10,14,16H,6,11-13H2,1-5H3,(H,23,24)(H2,20,21,22);1H. The van der Waals surface area contributed by atoms with Crippen LogP contribution in [0.15, 0.2) is 29.3 Å². The second kappa shape index (κ2) is 13.0. The normalized spacial score (nSPS) is 12.3. The summed E-state index contributed by atoms with van der Waals surface area (Å²) in [6.07, 6.45) is 0.441. The molecule has 5 nitrogen and oxygen atoms in total. The van der Waals surface area contributed by atoms with E-state index in [1.54, 1.807) is 0 Å². The van der Waals surface area contributed by atoms with Crippen LogP contribution in [0.5, 0.6) is 0 Å². The molecule has 0 spiro atoms. The largest absolute Gasteiger partial charge is 0.357 e. The smallest absolute Gasteiger partial charge is 0.221 e. The number of amides is 1. The number of guanidine groups is 1. The Morgan fingerprint density at radius 1 is 1.12 bits per heavy atom. The van der Waals surface area contributed by atoms with Gasteiger partial charge in [0.25, 0.3) is 0 Å². The number of hydrogen-bond donors (Lipinski definition) is 3. The third-order valence-electron chi connectivity index (χ3n) is 3.61. The molecular formula is C19H33IN4O. The summed E-state index contributed by atoms with van der Waals surface area (Å²) < 4.78 is 0. The zero-order valence-electron chi connectivity index (χ0n) is 16.1. The number of carbonyl (C=O) groups excluding carboxylic acids is 1. The maximum absolute atomic E-state index is 11.7. The van der Waals surface area contributed by atoms with Gasteiger partial charge in [0.1, 0.15) is 0 Å². The van der Waals surface area contributed by atoms with Gasteiger partial charge in [0, 0.05) is 38.0 Å². The number of carbonyl (C=O) groups is 1. The molecular weight excluding hydrogens is 427 g/mol. The van der Waals surface area contributed by atoms with Crippen LogP contribution in [0.25, 0.3) is 0 Å². The third kappa shape index (κ3) is 10.3. The molecule has 0 aliphatic heterocycles. The zero-order valence-corrected chi connectivity index (χ0v) is 18.4. The Bertz CT molecular complexity index is 529. The van der Waals surface area contributed by atoms with E-state index < -0.39 is 0 Å². The molecule has 3 N–H and O–H groups in total. The van der Waals surface area contributed by atoms with Crippen LogP contribution in [0.4, 0.5) is 0 Å². The second-order valence-corrected chi connectivity index (χ2v) is 6.43. The topological polar surface area (TPSA) is 65.5 Å². The lowest BCUT2D eigenvalue weighted by Gasteiger charge is -2.14. The molecule has 1 unspecified atom stereocenters. The molecule has 0 radical (unpaired) electrons. The fourth-order valence-electron chi connectivity index (χ4n) is 2.26. The lowest BCUT2D eigenvalue weighted by molar-refractivity contribution is -0.121. The van der Waals surface area contributed by atoms with Gasteiger partial charge in [-0.15, -0.1) is 24.0 Å². The molecule has 0 saturated carbocycles. The number of aryl methyl sites for hydroxylation is 1. The molecule has 142 valence electrons. The van der Waals surface area contributed by atoms with Crippen molar-refractivity contribution in [3.05, 3.63) is 35.4 Å². The summed E-state index contributed by atoms with van der Waals surface area (Å²) in [5.74, 6) is 1.17. The Labute approximate surface area is 169 Å². The van der Waals surface area contributed by atoms with Crippen LogP contribution in [-0.2, 0) is 4.79 Å². The molecule has 25 heavy (non-hydrogen) atoms. The van der Waals surface area contributed by atoms with Crippen LogP contribution >= 0.6 is 24.0 Å². The molecule has 1 aromatic carbocycles. The summed E-state index contributed by atoms with van der Waals surface area (Å²) in [6, 6.07) is 8.76. The molecule has 6 heteroatoms. The van der Waals surface area contributed by atoms with Gasteiger partial charge in [-0.25, -0.2) is 0 Å². The van der Waals surface area contributed by atoms with Gasteiger partial charge in [0.05, 0.1) is 0 Å². The lowest BCUT2D eigenvalue weighted by Crippen LogP contribution is -2.40. The predicted octanol–water partition coefficient (Wildman–Crippen LogP) is 3.19. The second-order valence-electron chi connectivity index (χ2n) is 6.43. The van der Waals surface area contributed by atoms with Gasteiger partial charge in [-0.2, -0.15) is 0 Å². The SMILES string of the molecule is CCNC(=NCC(C)c1ccc(C)cc1)NCCC(=O)NC(C)C.I. The van der Waals surface area contributed by atoms with E-state index in [-0.39, 0.29) is 35.9 Å². The van der Waals surface area contributed by atoms with Crippen molar-refractivity contribution in [3.8, 4) is 0 Å². The highest BCUT2D eigenvalue weighted by Crippen LogP contribution is 2.15. The van der Waals surface area contributed by atoms with Crippen LogP contribution < -0.4 is 16.0 Å². The van der Waals surface area contributed by atoms with E-state index in [1.807, 2.05) is 20.8 Å². The summed E-state index contributed by atoms with van der Waals surface area (Å²) in [5.41, 5.74) is 2.56. The third-order valence-corrected chi connectivity index (χ3v) is 3.61. The van der Waals surface area contributed by atoms with Gasteiger partial charge >= 0.3 is 0 Å². The van der Waals surface area contributed by atoms with Gasteiger partial charge in [0.15, 0.2) is 5.96 Å². The number of benzene rings is 1. The Hall–Kier alpha value is -1.31. The molecule has 0 aliphatic carbocycles. The molecule has 1 aromatic rings. The van der Waals surface area contributed by atoms with Crippen molar-refractivity contribution in [3.63, 3.8) is 0 Å². The van der Waals surface area contributed by atoms with E-state index in [2.05, 4.69) is 59.1 Å². The van der Waals surface area contributed by atoms with E-state index in [0.717, 1.165) is 12.5 Å². The first-order chi connectivity index (χ1) is 11.4. The van der Waals surface area contributed by atoms with E-state index in [1.165, 1.54) is 11.1 Å². The van der Waals surface area contributed by atoms with Crippen LogP contribution in [0.2, 0.25) is 0 Å². The van der Waals surface area contributed by atoms with Crippen LogP contribution in [0.3, 0.4) is 0 Å². The summed E-state index contributed by atoms with van der Waals surface area (Å²) in [4.78, 5) is 16.3. The van der Waals surface area contributed by atoms with E-state index in [4.69, 9.17) is 0 Å². The number of aliphatic imine (C=N–C) groups is 1. The monoisotopic (exact) mass is 460 g/mol. The molecule has 1 rings (SSSR count). The molecule has 0 aromatic heterocycles. The number of rotatable bonds is 8. The number of nitrogens with zero attached hydrogens (tertiary/aromatic N) is 1. The number of nitrogens with one attached hydrogen (secondary N) is 3. The highest BCUT2D eigenvalue weighted by atomic mass is 127. The van der Waals surface area contributed by atoms with Gasteiger partial charge in [-0.05, 0) is 33.3 Å². The highest BCUT2D eigenvalue weighted by Gasteiger charge is 2.07. The molecule has 0 saturated heterocycles. The van der Waals surface area contributed by atoms with E-state index in [0.29, 0.717) is 25.4 Å². The van der Waals surface area contributed by atoms with Crippen molar-refractivity contribution in [1.29, 1.82) is 0 Å². The molecule has 1 atom stereocenters. The molecule has 0 fully saturated rings. The minimum atomic E-state index is 0. The average Bonchev–Trinajstić information content (AvgIpc) is 2.52. The van der Waals surface area contributed by atoms with Gasteiger partial charge in [0.2, 0.25) is 5.91 Å². The Kier molecular flexibility index (Phi) is 12.3. The van der Waals surface area contributed by atoms with Crippen molar-refractivity contribution in [1.82, 2.24) is 16.0 Å². The van der Waals surface area contributed by atoms with Gasteiger partial charge < -0.3 is 16.0 Å². The first-order valence-corrected chi connectivity index (χ1v) is 8.80.